The maximum Gasteiger partial charge on any atom is 0.323 e. The molecule has 3 aromatic rings. The average Bonchev–Trinajstić information content (AvgIpc) is 3.01. The molecule has 0 bridgehead atoms. The summed E-state index contributed by atoms with van der Waals surface area (Å²) in [4.78, 5) is 16.3. The number of ether oxygens (including phenoxy) is 1. The summed E-state index contributed by atoms with van der Waals surface area (Å²) in [5, 5.41) is 18.0. The van der Waals surface area contributed by atoms with Crippen LogP contribution in [-0.4, -0.2) is 23.2 Å². The van der Waals surface area contributed by atoms with E-state index in [4.69, 9.17) is 4.74 Å². The lowest BCUT2D eigenvalue weighted by Crippen LogP contribution is -2.19. The first-order valence-corrected chi connectivity index (χ1v) is 7.75. The van der Waals surface area contributed by atoms with E-state index in [0.717, 1.165) is 15.8 Å². The van der Waals surface area contributed by atoms with Gasteiger partial charge in [0.2, 0.25) is 5.88 Å². The van der Waals surface area contributed by atoms with Crippen molar-refractivity contribution in [3.8, 4) is 11.6 Å². The maximum atomic E-state index is 12.2. The van der Waals surface area contributed by atoms with E-state index in [1.54, 1.807) is 31.4 Å². The first kappa shape index (κ1) is 15.1. The highest BCUT2D eigenvalue weighted by atomic mass is 32.1. The van der Waals surface area contributed by atoms with Crippen LogP contribution in [0.4, 0.5) is 16.2 Å². The van der Waals surface area contributed by atoms with Crippen molar-refractivity contribution in [3.63, 3.8) is 0 Å². The van der Waals surface area contributed by atoms with Gasteiger partial charge in [0, 0.05) is 17.1 Å². The smallest absolute Gasteiger partial charge is 0.323 e. The summed E-state index contributed by atoms with van der Waals surface area (Å²) in [5.41, 5.74) is 1.61. The Morgan fingerprint density at radius 2 is 2.13 bits per heavy atom. The maximum absolute atomic E-state index is 12.2. The van der Waals surface area contributed by atoms with E-state index in [9.17, 15) is 9.90 Å². The summed E-state index contributed by atoms with van der Waals surface area (Å²) < 4.78 is 6.04. The van der Waals surface area contributed by atoms with Crippen LogP contribution in [0.5, 0.6) is 11.6 Å². The predicted molar refractivity (Wildman–Crippen MR) is 91.7 cm³/mol. The third kappa shape index (κ3) is 3.04. The van der Waals surface area contributed by atoms with Crippen molar-refractivity contribution >= 4 is 38.8 Å². The Labute approximate surface area is 136 Å². The molecule has 2 heterocycles. The molecular formula is C16H15N3O3S. The van der Waals surface area contributed by atoms with Gasteiger partial charge >= 0.3 is 6.03 Å². The number of rotatable bonds is 3. The zero-order chi connectivity index (χ0) is 16.4. The highest BCUT2D eigenvalue weighted by molar-refractivity contribution is 7.17. The zero-order valence-electron chi connectivity index (χ0n) is 12.6. The Kier molecular flexibility index (Phi) is 4.03. The molecule has 7 heteroatoms. The first-order valence-electron chi connectivity index (χ1n) is 6.87. The lowest BCUT2D eigenvalue weighted by Gasteiger charge is -2.11. The molecule has 3 N–H and O–H groups in total. The fraction of sp³-hybridized carbons (Fsp3) is 0.125. The average molecular weight is 329 g/mol. The van der Waals surface area contributed by atoms with Crippen molar-refractivity contribution < 1.29 is 14.6 Å². The van der Waals surface area contributed by atoms with Crippen LogP contribution in [0.25, 0.3) is 10.1 Å². The van der Waals surface area contributed by atoms with Gasteiger partial charge in [-0.25, -0.2) is 9.78 Å². The molecule has 0 aliphatic rings. The van der Waals surface area contributed by atoms with Gasteiger partial charge in [-0.15, -0.1) is 11.3 Å². The summed E-state index contributed by atoms with van der Waals surface area (Å²) in [6.45, 7) is 1.82. The number of aromatic nitrogens is 1. The van der Waals surface area contributed by atoms with E-state index in [2.05, 4.69) is 15.6 Å². The van der Waals surface area contributed by atoms with E-state index in [1.807, 2.05) is 18.4 Å². The van der Waals surface area contributed by atoms with Crippen molar-refractivity contribution in [2.75, 3.05) is 17.7 Å². The lowest BCUT2D eigenvalue weighted by atomic mass is 10.2. The molecule has 6 nitrogen and oxygen atoms in total. The van der Waals surface area contributed by atoms with Gasteiger partial charge in [-0.05, 0) is 30.5 Å². The summed E-state index contributed by atoms with van der Waals surface area (Å²) in [6.07, 6.45) is 0. The molecule has 0 aliphatic carbocycles. The van der Waals surface area contributed by atoms with Crippen LogP contribution in [0.2, 0.25) is 0 Å². The molecule has 0 saturated heterocycles. The highest BCUT2D eigenvalue weighted by Crippen LogP contribution is 2.35. The number of anilines is 2. The van der Waals surface area contributed by atoms with Crippen LogP contribution in [0.15, 0.2) is 35.7 Å². The second-order valence-corrected chi connectivity index (χ2v) is 5.79. The Bertz CT molecular complexity index is 876. The molecule has 1 aromatic carbocycles. The molecule has 118 valence electrons. The van der Waals surface area contributed by atoms with Crippen molar-refractivity contribution in [1.82, 2.24) is 4.98 Å². The van der Waals surface area contributed by atoms with Crippen LogP contribution < -0.4 is 15.4 Å². The van der Waals surface area contributed by atoms with Crippen LogP contribution in [0, 0.1) is 6.92 Å². The SMILES string of the molecule is COc1cccc(NC(=O)Nc2c(O)nc(C)c3sccc23)c1. The van der Waals surface area contributed by atoms with Gasteiger partial charge in [-0.2, -0.15) is 0 Å². The lowest BCUT2D eigenvalue weighted by molar-refractivity contribution is 0.262. The summed E-state index contributed by atoms with van der Waals surface area (Å²) in [6, 6.07) is 8.38. The third-order valence-corrected chi connectivity index (χ3v) is 4.35. The van der Waals surface area contributed by atoms with Crippen molar-refractivity contribution in [3.05, 3.63) is 41.4 Å². The predicted octanol–water partition coefficient (Wildman–Crippen LogP) is 3.96. The van der Waals surface area contributed by atoms with Gasteiger partial charge in [-0.1, -0.05) is 6.07 Å². The Hall–Kier alpha value is -2.80. The number of benzene rings is 1. The standard InChI is InChI=1S/C16H15N3O3S/c1-9-14-12(6-7-23-14)13(15(20)17-9)19-16(21)18-10-4-3-5-11(8-10)22-2/h3-8H,1-2H3,(H,17,20)(H2,18,19,21). The van der Waals surface area contributed by atoms with Gasteiger partial charge in [-0.3, -0.25) is 0 Å². The fourth-order valence-electron chi connectivity index (χ4n) is 2.27. The quantitative estimate of drug-likeness (QED) is 0.679. The molecule has 0 aliphatic heterocycles. The number of hydrogen-bond donors (Lipinski definition) is 3. The number of aromatic hydroxyl groups is 1. The molecule has 0 radical (unpaired) electrons. The van der Waals surface area contributed by atoms with E-state index < -0.39 is 6.03 Å². The molecule has 0 unspecified atom stereocenters. The number of fused-ring (bicyclic) bond motifs is 1. The fourth-order valence-corrected chi connectivity index (χ4v) is 3.13. The molecule has 2 aromatic heterocycles. The molecule has 2 amide bonds. The van der Waals surface area contributed by atoms with Gasteiger partial charge in [0.25, 0.3) is 0 Å². The summed E-state index contributed by atoms with van der Waals surface area (Å²) in [7, 11) is 1.56. The van der Waals surface area contributed by atoms with E-state index >= 15 is 0 Å². The Morgan fingerprint density at radius 3 is 2.91 bits per heavy atom. The summed E-state index contributed by atoms with van der Waals surface area (Å²) in [5.74, 6) is 0.442. The van der Waals surface area contributed by atoms with Crippen molar-refractivity contribution in [1.29, 1.82) is 0 Å². The highest BCUT2D eigenvalue weighted by Gasteiger charge is 2.15. The van der Waals surface area contributed by atoms with E-state index in [-0.39, 0.29) is 5.88 Å². The van der Waals surface area contributed by atoms with Gasteiger partial charge < -0.3 is 20.5 Å². The van der Waals surface area contributed by atoms with Crippen LogP contribution >= 0.6 is 11.3 Å². The topological polar surface area (TPSA) is 83.5 Å². The van der Waals surface area contributed by atoms with E-state index in [1.165, 1.54) is 11.3 Å². The molecule has 0 spiro atoms. The largest absolute Gasteiger partial charge is 0.497 e. The van der Waals surface area contributed by atoms with Crippen molar-refractivity contribution in [2.24, 2.45) is 0 Å². The monoisotopic (exact) mass is 329 g/mol. The van der Waals surface area contributed by atoms with E-state index in [0.29, 0.717) is 17.1 Å². The minimum absolute atomic E-state index is 0.200. The second kappa shape index (κ2) is 6.13. The van der Waals surface area contributed by atoms with Gasteiger partial charge in [0.1, 0.15) is 11.4 Å². The number of urea groups is 1. The number of amides is 2. The van der Waals surface area contributed by atoms with Crippen LogP contribution in [0.3, 0.4) is 0 Å². The number of pyridine rings is 1. The number of methoxy groups -OCH3 is 1. The number of hydrogen-bond acceptors (Lipinski definition) is 5. The van der Waals surface area contributed by atoms with Crippen molar-refractivity contribution in [2.45, 2.75) is 6.92 Å². The Morgan fingerprint density at radius 1 is 1.30 bits per heavy atom. The minimum Gasteiger partial charge on any atom is -0.497 e. The van der Waals surface area contributed by atoms with Gasteiger partial charge in [0.05, 0.1) is 17.5 Å². The number of aryl methyl sites for hydroxylation is 1. The normalized spacial score (nSPS) is 10.5. The number of nitrogens with one attached hydrogen (secondary N) is 2. The number of carbonyl (C=O) groups excluding carboxylic acids is 1. The van der Waals surface area contributed by atoms with Crippen LogP contribution in [-0.2, 0) is 0 Å². The zero-order valence-corrected chi connectivity index (χ0v) is 13.4. The first-order chi connectivity index (χ1) is 11.1. The third-order valence-electron chi connectivity index (χ3n) is 3.33. The number of nitrogens with zero attached hydrogens (tertiary/aromatic N) is 1. The molecular weight excluding hydrogens is 314 g/mol. The van der Waals surface area contributed by atoms with Crippen LogP contribution in [0.1, 0.15) is 5.69 Å². The molecule has 23 heavy (non-hydrogen) atoms. The second-order valence-electron chi connectivity index (χ2n) is 4.87. The Balaban J connectivity index is 1.84. The molecule has 3 rings (SSSR count). The molecule has 0 atom stereocenters. The van der Waals surface area contributed by atoms with Gasteiger partial charge in [0.15, 0.2) is 0 Å². The number of carbonyl (C=O) groups is 1. The molecule has 0 saturated carbocycles. The summed E-state index contributed by atoms with van der Waals surface area (Å²) >= 11 is 1.51. The molecule has 0 fully saturated rings. The minimum atomic E-state index is -0.466. The number of thiophene rings is 1.